The lowest BCUT2D eigenvalue weighted by Crippen LogP contribution is -2.24. The molecule has 2 aromatic heterocycles. The molecule has 1 aliphatic heterocycles. The second-order valence-corrected chi connectivity index (χ2v) is 6.02. The smallest absolute Gasteiger partial charge is 0.267 e. The molecule has 0 unspecified atom stereocenters. The van der Waals surface area contributed by atoms with Gasteiger partial charge in [0.1, 0.15) is 4.88 Å². The highest BCUT2D eigenvalue weighted by molar-refractivity contribution is 7.12. The number of aryl methyl sites for hydroxylation is 1. The average molecular weight is 306 g/mol. The zero-order valence-corrected chi connectivity index (χ0v) is 12.7. The fourth-order valence-corrected chi connectivity index (χ4v) is 3.09. The number of thiazole rings is 1. The van der Waals surface area contributed by atoms with Crippen molar-refractivity contribution >= 4 is 22.9 Å². The number of nitrogens with one attached hydrogen (secondary N) is 1. The molecule has 0 aromatic carbocycles. The monoisotopic (exact) mass is 306 g/mol. The Bertz CT molecular complexity index is 616. The second-order valence-electron chi connectivity index (χ2n) is 5.16. The molecule has 0 spiro atoms. The van der Waals surface area contributed by atoms with E-state index >= 15 is 0 Å². The number of nitrogens with zero attached hydrogens (tertiary/aromatic N) is 3. The van der Waals surface area contributed by atoms with Gasteiger partial charge in [0.15, 0.2) is 0 Å². The zero-order chi connectivity index (χ0) is 14.7. The molecular weight excluding hydrogens is 288 g/mol. The first-order valence-corrected chi connectivity index (χ1v) is 7.96. The molecule has 1 atom stereocenters. The third-order valence-electron chi connectivity index (χ3n) is 3.51. The molecule has 1 saturated heterocycles. The highest BCUT2D eigenvalue weighted by atomic mass is 32.1. The van der Waals surface area contributed by atoms with E-state index in [0.717, 1.165) is 31.7 Å². The summed E-state index contributed by atoms with van der Waals surface area (Å²) in [5.74, 6) is -0.136. The fourth-order valence-electron chi connectivity index (χ4n) is 2.40. The topological polar surface area (TPSA) is 69.0 Å². The number of carbonyl (C=O) groups is 1. The van der Waals surface area contributed by atoms with Gasteiger partial charge in [-0.25, -0.2) is 4.98 Å². The molecule has 1 aliphatic rings. The summed E-state index contributed by atoms with van der Waals surface area (Å²) in [5.41, 5.74) is 3.12. The summed E-state index contributed by atoms with van der Waals surface area (Å²) in [7, 11) is 0. The van der Waals surface area contributed by atoms with Gasteiger partial charge in [0.05, 0.1) is 35.7 Å². The van der Waals surface area contributed by atoms with E-state index in [2.05, 4.69) is 15.4 Å². The van der Waals surface area contributed by atoms with Crippen molar-refractivity contribution < 1.29 is 9.53 Å². The largest absolute Gasteiger partial charge is 0.376 e. The molecular formula is C14H18N4O2S. The lowest BCUT2D eigenvalue weighted by Gasteiger charge is -2.22. The fraction of sp³-hybridized carbons (Fsp3) is 0.500. The van der Waals surface area contributed by atoms with Gasteiger partial charge in [0.2, 0.25) is 0 Å². The van der Waals surface area contributed by atoms with Crippen LogP contribution in [-0.4, -0.2) is 33.4 Å². The third kappa shape index (κ3) is 3.48. The quantitative estimate of drug-likeness (QED) is 0.942. The van der Waals surface area contributed by atoms with Crippen LogP contribution in [0.1, 0.15) is 34.6 Å². The number of amides is 1. The SMILES string of the molecule is Cc1ncsc1C(=O)Nc1cnn(C[C@@H]2CCCCO2)c1. The van der Waals surface area contributed by atoms with Gasteiger partial charge in [0.25, 0.3) is 5.91 Å². The first kappa shape index (κ1) is 14.2. The van der Waals surface area contributed by atoms with Crippen LogP contribution in [0, 0.1) is 6.92 Å². The van der Waals surface area contributed by atoms with Gasteiger partial charge in [-0.3, -0.25) is 9.48 Å². The van der Waals surface area contributed by atoms with Crippen LogP contribution in [0.2, 0.25) is 0 Å². The summed E-state index contributed by atoms with van der Waals surface area (Å²) >= 11 is 1.34. The molecule has 21 heavy (non-hydrogen) atoms. The Morgan fingerprint density at radius 3 is 3.19 bits per heavy atom. The lowest BCUT2D eigenvalue weighted by atomic mass is 10.1. The van der Waals surface area contributed by atoms with Crippen molar-refractivity contribution in [2.45, 2.75) is 38.8 Å². The maximum Gasteiger partial charge on any atom is 0.267 e. The van der Waals surface area contributed by atoms with Gasteiger partial charge >= 0.3 is 0 Å². The van der Waals surface area contributed by atoms with Crippen LogP contribution >= 0.6 is 11.3 Å². The Morgan fingerprint density at radius 1 is 1.57 bits per heavy atom. The Hall–Kier alpha value is -1.73. The van der Waals surface area contributed by atoms with Gasteiger partial charge < -0.3 is 10.1 Å². The Morgan fingerprint density at radius 2 is 2.48 bits per heavy atom. The molecule has 0 aliphatic carbocycles. The summed E-state index contributed by atoms with van der Waals surface area (Å²) in [4.78, 5) is 16.8. The van der Waals surface area contributed by atoms with Crippen molar-refractivity contribution in [1.82, 2.24) is 14.8 Å². The normalized spacial score (nSPS) is 18.6. The number of anilines is 1. The van der Waals surface area contributed by atoms with E-state index in [0.29, 0.717) is 10.6 Å². The Labute approximate surface area is 127 Å². The number of ether oxygens (including phenoxy) is 1. The number of hydrogen-bond donors (Lipinski definition) is 1. The van der Waals surface area contributed by atoms with Crippen molar-refractivity contribution in [1.29, 1.82) is 0 Å². The van der Waals surface area contributed by atoms with Gasteiger partial charge in [0, 0.05) is 12.8 Å². The van der Waals surface area contributed by atoms with Gasteiger partial charge in [-0.1, -0.05) is 0 Å². The molecule has 0 radical (unpaired) electrons. The standard InChI is InChI=1S/C14H18N4O2S/c1-10-13(21-9-15-10)14(19)17-11-6-16-18(7-11)8-12-4-2-3-5-20-12/h6-7,9,12H,2-5,8H2,1H3,(H,17,19)/t12-/m0/s1. The van der Waals surface area contributed by atoms with Crippen molar-refractivity contribution in [2.24, 2.45) is 0 Å². The van der Waals surface area contributed by atoms with Crippen LogP contribution in [0.25, 0.3) is 0 Å². The molecule has 0 bridgehead atoms. The van der Waals surface area contributed by atoms with E-state index in [1.807, 2.05) is 17.8 Å². The van der Waals surface area contributed by atoms with E-state index in [9.17, 15) is 4.79 Å². The van der Waals surface area contributed by atoms with E-state index < -0.39 is 0 Å². The van der Waals surface area contributed by atoms with E-state index in [4.69, 9.17) is 4.74 Å². The highest BCUT2D eigenvalue weighted by Gasteiger charge is 2.16. The number of rotatable bonds is 4. The average Bonchev–Trinajstić information content (AvgIpc) is 3.09. The second kappa shape index (κ2) is 6.36. The first-order valence-electron chi connectivity index (χ1n) is 7.08. The third-order valence-corrected chi connectivity index (χ3v) is 4.43. The summed E-state index contributed by atoms with van der Waals surface area (Å²) in [6.45, 7) is 3.39. The maximum absolute atomic E-state index is 12.1. The zero-order valence-electron chi connectivity index (χ0n) is 11.9. The predicted octanol–water partition coefficient (Wildman–Crippen LogP) is 2.47. The summed E-state index contributed by atoms with van der Waals surface area (Å²) < 4.78 is 7.52. The summed E-state index contributed by atoms with van der Waals surface area (Å²) in [6.07, 6.45) is 7.15. The maximum atomic E-state index is 12.1. The molecule has 112 valence electrons. The number of carbonyl (C=O) groups excluding carboxylic acids is 1. The Kier molecular flexibility index (Phi) is 4.31. The van der Waals surface area contributed by atoms with Gasteiger partial charge in [-0.05, 0) is 26.2 Å². The minimum Gasteiger partial charge on any atom is -0.376 e. The molecule has 3 heterocycles. The van der Waals surface area contributed by atoms with E-state index in [-0.39, 0.29) is 12.0 Å². The van der Waals surface area contributed by atoms with Crippen LogP contribution in [-0.2, 0) is 11.3 Å². The molecule has 6 nitrogen and oxygen atoms in total. The molecule has 7 heteroatoms. The van der Waals surface area contributed by atoms with E-state index in [1.165, 1.54) is 17.8 Å². The summed E-state index contributed by atoms with van der Waals surface area (Å²) in [6, 6.07) is 0. The minimum atomic E-state index is -0.136. The number of aromatic nitrogens is 3. The summed E-state index contributed by atoms with van der Waals surface area (Å²) in [5, 5.41) is 7.13. The number of hydrogen-bond acceptors (Lipinski definition) is 5. The minimum absolute atomic E-state index is 0.136. The lowest BCUT2D eigenvalue weighted by molar-refractivity contribution is 0.00401. The van der Waals surface area contributed by atoms with Crippen LogP contribution in [0.3, 0.4) is 0 Å². The van der Waals surface area contributed by atoms with Crippen molar-refractivity contribution in [2.75, 3.05) is 11.9 Å². The molecule has 2 aromatic rings. The first-order chi connectivity index (χ1) is 10.2. The molecule has 1 N–H and O–H groups in total. The van der Waals surface area contributed by atoms with Crippen LogP contribution < -0.4 is 5.32 Å². The van der Waals surface area contributed by atoms with E-state index in [1.54, 1.807) is 11.7 Å². The van der Waals surface area contributed by atoms with Crippen LogP contribution in [0.4, 0.5) is 5.69 Å². The van der Waals surface area contributed by atoms with Crippen LogP contribution in [0.15, 0.2) is 17.9 Å². The highest BCUT2D eigenvalue weighted by Crippen LogP contribution is 2.17. The molecule has 3 rings (SSSR count). The van der Waals surface area contributed by atoms with Gasteiger partial charge in [-0.15, -0.1) is 11.3 Å². The molecule has 1 amide bonds. The van der Waals surface area contributed by atoms with Crippen molar-refractivity contribution in [3.8, 4) is 0 Å². The van der Waals surface area contributed by atoms with Gasteiger partial charge in [-0.2, -0.15) is 5.10 Å². The van der Waals surface area contributed by atoms with Crippen molar-refractivity contribution in [3.05, 3.63) is 28.5 Å². The van der Waals surface area contributed by atoms with Crippen molar-refractivity contribution in [3.63, 3.8) is 0 Å². The predicted molar refractivity (Wildman–Crippen MR) is 80.6 cm³/mol. The Balaban J connectivity index is 1.60. The molecule has 0 saturated carbocycles. The molecule has 1 fully saturated rings. The van der Waals surface area contributed by atoms with Crippen LogP contribution in [0.5, 0.6) is 0 Å².